The summed E-state index contributed by atoms with van der Waals surface area (Å²) in [4.78, 5) is 2.10. The maximum absolute atomic E-state index is 14.3. The van der Waals surface area contributed by atoms with Gasteiger partial charge in [-0.3, -0.25) is 0 Å². The Balaban J connectivity index is 1.57. The molecule has 0 amide bonds. The van der Waals surface area contributed by atoms with Crippen molar-refractivity contribution in [3.8, 4) is 0 Å². The van der Waals surface area contributed by atoms with Crippen LogP contribution < -0.4 is 4.90 Å². The second-order valence-electron chi connectivity index (χ2n) is 9.40. The molecule has 0 saturated carbocycles. The lowest BCUT2D eigenvalue weighted by Gasteiger charge is -2.36. The number of piperidine rings is 1. The number of rotatable bonds is 7. The Bertz CT molecular complexity index is 1460. The van der Waals surface area contributed by atoms with Crippen LogP contribution in [0, 0.1) is 11.6 Å². The largest absolute Gasteiger partial charge is 0.371 e. The van der Waals surface area contributed by atoms with E-state index in [1.807, 2.05) is 12.1 Å². The first-order valence-corrected chi connectivity index (χ1v) is 15.0. The highest BCUT2D eigenvalue weighted by molar-refractivity contribution is 7.91. The van der Waals surface area contributed by atoms with Crippen LogP contribution in [0.5, 0.6) is 0 Å². The highest BCUT2D eigenvalue weighted by atomic mass is 32.2. The van der Waals surface area contributed by atoms with Crippen LogP contribution in [0.4, 0.5) is 14.5 Å². The summed E-state index contributed by atoms with van der Waals surface area (Å²) in [6.07, 6.45) is 1.07. The van der Waals surface area contributed by atoms with Crippen LogP contribution in [0.1, 0.15) is 42.1 Å². The highest BCUT2D eigenvalue weighted by Crippen LogP contribution is 2.38. The van der Waals surface area contributed by atoms with E-state index in [9.17, 15) is 25.6 Å². The molecule has 3 aromatic rings. The van der Waals surface area contributed by atoms with E-state index < -0.39 is 36.7 Å². The van der Waals surface area contributed by atoms with Gasteiger partial charge in [-0.05, 0) is 73.7 Å². The molecule has 1 atom stereocenters. The van der Waals surface area contributed by atoms with Gasteiger partial charge in [0.1, 0.15) is 11.6 Å². The number of benzene rings is 3. The summed E-state index contributed by atoms with van der Waals surface area (Å²) in [5.41, 5.74) is 1.49. The third-order valence-corrected chi connectivity index (χ3v) is 11.0. The number of nitrogens with zero attached hydrogens (tertiary/aromatic N) is 2. The zero-order chi connectivity index (χ0) is 27.0. The highest BCUT2D eigenvalue weighted by Gasteiger charge is 2.31. The van der Waals surface area contributed by atoms with Crippen molar-refractivity contribution in [1.29, 1.82) is 0 Å². The molecule has 1 unspecified atom stereocenters. The molecule has 1 aliphatic heterocycles. The summed E-state index contributed by atoms with van der Waals surface area (Å²) in [6, 6.07) is 16.4. The first-order valence-electron chi connectivity index (χ1n) is 12.0. The Morgan fingerprint density at radius 3 is 1.92 bits per heavy atom. The molecule has 0 spiro atoms. The second kappa shape index (κ2) is 10.5. The van der Waals surface area contributed by atoms with Crippen LogP contribution in [0.2, 0.25) is 0 Å². The van der Waals surface area contributed by atoms with Gasteiger partial charge < -0.3 is 4.90 Å². The predicted octanol–water partition coefficient (Wildman–Crippen LogP) is 5.13. The first kappa shape index (κ1) is 27.2. The normalized spacial score (nSPS) is 16.2. The standard InChI is InChI=1S/C27H30F2N2O4S2/c1-19(36(32,33)21-11-13-22(14-12-21)37(34,35)30(2)3)23-7-4-5-10-26(23)31-17-15-20(16-18-31)27-24(28)8-6-9-25(27)29/h4-14,19-20H,15-18H2,1-3H3. The molecule has 3 aromatic carbocycles. The zero-order valence-corrected chi connectivity index (χ0v) is 22.6. The van der Waals surface area contributed by atoms with Gasteiger partial charge in [-0.1, -0.05) is 24.3 Å². The average molecular weight is 549 g/mol. The molecule has 4 rings (SSSR count). The summed E-state index contributed by atoms with van der Waals surface area (Å²) >= 11 is 0. The van der Waals surface area contributed by atoms with Crippen LogP contribution in [0.3, 0.4) is 0 Å². The molecule has 6 nitrogen and oxygen atoms in total. The van der Waals surface area contributed by atoms with Gasteiger partial charge in [0.05, 0.1) is 15.0 Å². The molecular weight excluding hydrogens is 518 g/mol. The summed E-state index contributed by atoms with van der Waals surface area (Å²) < 4.78 is 81.4. The fourth-order valence-corrected chi connectivity index (χ4v) is 7.17. The van der Waals surface area contributed by atoms with Crippen molar-refractivity contribution >= 4 is 25.5 Å². The van der Waals surface area contributed by atoms with E-state index in [0.717, 1.165) is 9.99 Å². The van der Waals surface area contributed by atoms with Gasteiger partial charge in [-0.15, -0.1) is 0 Å². The molecule has 198 valence electrons. The van der Waals surface area contributed by atoms with E-state index in [-0.39, 0.29) is 21.3 Å². The Labute approximate surface area is 217 Å². The molecule has 1 fully saturated rings. The topological polar surface area (TPSA) is 74.8 Å². The number of sulfone groups is 1. The second-order valence-corrected chi connectivity index (χ2v) is 13.8. The van der Waals surface area contributed by atoms with Crippen molar-refractivity contribution in [3.05, 3.63) is 89.5 Å². The lowest BCUT2D eigenvalue weighted by molar-refractivity contribution is 0.454. The number of halogens is 2. The van der Waals surface area contributed by atoms with E-state index in [1.54, 1.807) is 19.1 Å². The van der Waals surface area contributed by atoms with Gasteiger partial charge >= 0.3 is 0 Å². The van der Waals surface area contributed by atoms with Crippen molar-refractivity contribution in [3.63, 3.8) is 0 Å². The minimum atomic E-state index is -3.83. The fraction of sp³-hybridized carbons (Fsp3) is 0.333. The molecule has 0 aromatic heterocycles. The molecule has 0 radical (unpaired) electrons. The molecule has 1 aliphatic rings. The quantitative estimate of drug-likeness (QED) is 0.409. The number of sulfonamides is 1. The minimum Gasteiger partial charge on any atom is -0.371 e. The summed E-state index contributed by atoms with van der Waals surface area (Å²) in [6.45, 7) is 2.67. The number of anilines is 1. The average Bonchev–Trinajstić information content (AvgIpc) is 2.88. The number of hydrogen-bond acceptors (Lipinski definition) is 5. The van der Waals surface area contributed by atoms with Gasteiger partial charge in [0.25, 0.3) is 0 Å². The molecule has 1 saturated heterocycles. The maximum atomic E-state index is 14.3. The van der Waals surface area contributed by atoms with E-state index >= 15 is 0 Å². The third-order valence-electron chi connectivity index (χ3n) is 7.01. The van der Waals surface area contributed by atoms with Crippen molar-refractivity contribution in [2.75, 3.05) is 32.1 Å². The Hall–Kier alpha value is -2.82. The Kier molecular flexibility index (Phi) is 7.73. The molecule has 0 N–H and O–H groups in total. The van der Waals surface area contributed by atoms with Crippen LogP contribution in [-0.4, -0.2) is 48.3 Å². The lowest BCUT2D eigenvalue weighted by atomic mass is 9.88. The van der Waals surface area contributed by atoms with E-state index in [0.29, 0.717) is 31.5 Å². The fourth-order valence-electron chi connectivity index (χ4n) is 4.81. The smallest absolute Gasteiger partial charge is 0.242 e. The van der Waals surface area contributed by atoms with E-state index in [4.69, 9.17) is 0 Å². The van der Waals surface area contributed by atoms with Crippen molar-refractivity contribution < 1.29 is 25.6 Å². The van der Waals surface area contributed by atoms with Crippen molar-refractivity contribution in [1.82, 2.24) is 4.31 Å². The van der Waals surface area contributed by atoms with Crippen molar-refractivity contribution in [2.24, 2.45) is 0 Å². The summed E-state index contributed by atoms with van der Waals surface area (Å²) in [5, 5.41) is -0.901. The van der Waals surface area contributed by atoms with Crippen molar-refractivity contribution in [2.45, 2.75) is 40.7 Å². The maximum Gasteiger partial charge on any atom is 0.242 e. The Morgan fingerprint density at radius 2 is 1.35 bits per heavy atom. The van der Waals surface area contributed by atoms with Crippen LogP contribution in [0.25, 0.3) is 0 Å². The number of para-hydroxylation sites is 1. The Morgan fingerprint density at radius 1 is 0.811 bits per heavy atom. The summed E-state index contributed by atoms with van der Waals surface area (Å²) in [7, 11) is -4.69. The molecule has 1 heterocycles. The molecular formula is C27H30F2N2O4S2. The van der Waals surface area contributed by atoms with Gasteiger partial charge in [0.15, 0.2) is 9.84 Å². The zero-order valence-electron chi connectivity index (χ0n) is 20.9. The van der Waals surface area contributed by atoms with Gasteiger partial charge in [-0.25, -0.2) is 29.9 Å². The molecule has 10 heteroatoms. The minimum absolute atomic E-state index is 0.0127. The van der Waals surface area contributed by atoms with Gasteiger partial charge in [-0.2, -0.15) is 0 Å². The van der Waals surface area contributed by atoms with Gasteiger partial charge in [0.2, 0.25) is 10.0 Å². The first-order chi connectivity index (χ1) is 17.4. The third kappa shape index (κ3) is 5.28. The SMILES string of the molecule is CC(c1ccccc1N1CCC(c2c(F)cccc2F)CC1)S(=O)(=O)c1ccc(S(=O)(=O)N(C)C)cc1. The molecule has 0 bridgehead atoms. The van der Waals surface area contributed by atoms with E-state index in [1.165, 1.54) is 56.6 Å². The monoisotopic (exact) mass is 548 g/mol. The van der Waals surface area contributed by atoms with Crippen LogP contribution >= 0.6 is 0 Å². The number of hydrogen-bond donors (Lipinski definition) is 0. The molecule has 37 heavy (non-hydrogen) atoms. The van der Waals surface area contributed by atoms with E-state index in [2.05, 4.69) is 4.90 Å². The molecule has 0 aliphatic carbocycles. The lowest BCUT2D eigenvalue weighted by Crippen LogP contribution is -2.34. The van der Waals surface area contributed by atoms with Crippen LogP contribution in [0.15, 0.2) is 76.5 Å². The predicted molar refractivity (Wildman–Crippen MR) is 140 cm³/mol. The summed E-state index contributed by atoms with van der Waals surface area (Å²) in [5.74, 6) is -1.33. The van der Waals surface area contributed by atoms with Crippen LogP contribution in [-0.2, 0) is 19.9 Å². The van der Waals surface area contributed by atoms with Gasteiger partial charge in [0, 0.05) is 38.4 Å².